The average molecular weight is 786 g/mol. The topological polar surface area (TPSA) is 16.4 Å². The summed E-state index contributed by atoms with van der Waals surface area (Å²) in [4.78, 5) is 2.47. The van der Waals surface area contributed by atoms with E-state index in [-0.39, 0.29) is 21.7 Å². The Morgan fingerprint density at radius 1 is 0.492 bits per heavy atom. The van der Waals surface area contributed by atoms with Crippen molar-refractivity contribution in [3.8, 4) is 22.3 Å². The van der Waals surface area contributed by atoms with Gasteiger partial charge >= 0.3 is 0 Å². The van der Waals surface area contributed by atoms with Gasteiger partial charge in [0.05, 0.1) is 0 Å². The van der Waals surface area contributed by atoms with E-state index in [1.165, 1.54) is 75.8 Å². The Hall–Kier alpha value is -5.64. The summed E-state index contributed by atoms with van der Waals surface area (Å²) in [6.45, 7) is 23.8. The summed E-state index contributed by atoms with van der Waals surface area (Å²) >= 11 is 1.97. The number of hydrogen-bond acceptors (Lipinski definition) is 3. The van der Waals surface area contributed by atoms with Crippen LogP contribution in [-0.2, 0) is 21.7 Å². The van der Waals surface area contributed by atoms with E-state index in [1.54, 1.807) is 0 Å². The Morgan fingerprint density at radius 3 is 1.93 bits per heavy atom. The average Bonchev–Trinajstić information content (AvgIpc) is 3.89. The summed E-state index contributed by atoms with van der Waals surface area (Å²) in [6.07, 6.45) is 0. The van der Waals surface area contributed by atoms with E-state index >= 15 is 0 Å². The fourth-order valence-electron chi connectivity index (χ4n) is 10.5. The number of anilines is 3. The van der Waals surface area contributed by atoms with Crippen LogP contribution in [-0.4, -0.2) is 0 Å². The van der Waals surface area contributed by atoms with Gasteiger partial charge in [0.25, 0.3) is 0 Å². The van der Waals surface area contributed by atoms with Crippen molar-refractivity contribution in [1.29, 1.82) is 0 Å². The van der Waals surface area contributed by atoms with Gasteiger partial charge in [-0.2, -0.15) is 0 Å². The van der Waals surface area contributed by atoms with Crippen LogP contribution in [0.5, 0.6) is 0 Å². The molecule has 2 nitrogen and oxygen atoms in total. The Labute approximate surface area is 352 Å². The molecule has 292 valence electrons. The number of hydrogen-bond donors (Lipinski definition) is 0. The van der Waals surface area contributed by atoms with E-state index in [9.17, 15) is 0 Å². The second-order valence-electron chi connectivity index (χ2n) is 20.2. The lowest BCUT2D eigenvalue weighted by molar-refractivity contribution is 0.573. The molecule has 0 saturated heterocycles. The van der Waals surface area contributed by atoms with Crippen molar-refractivity contribution >= 4 is 70.5 Å². The van der Waals surface area contributed by atoms with Crippen molar-refractivity contribution < 1.29 is 4.42 Å². The zero-order valence-electron chi connectivity index (χ0n) is 35.9. The van der Waals surface area contributed by atoms with Crippen LogP contribution < -0.4 is 4.90 Å². The van der Waals surface area contributed by atoms with Crippen LogP contribution in [0.2, 0.25) is 0 Å². The molecule has 0 N–H and O–H groups in total. The predicted molar refractivity (Wildman–Crippen MR) is 254 cm³/mol. The first-order valence-electron chi connectivity index (χ1n) is 21.2. The number of nitrogens with zero attached hydrogens (tertiary/aromatic N) is 1. The Balaban J connectivity index is 1.15. The second kappa shape index (κ2) is 12.0. The van der Waals surface area contributed by atoms with Crippen LogP contribution in [0.1, 0.15) is 103 Å². The largest absolute Gasteiger partial charge is 0.456 e. The molecule has 0 bridgehead atoms. The highest BCUT2D eigenvalue weighted by atomic mass is 32.1. The normalized spacial score (nSPS) is 15.2. The fraction of sp³-hybridized carbons (Fsp3) is 0.250. The van der Waals surface area contributed by atoms with E-state index in [4.69, 9.17) is 4.42 Å². The zero-order valence-corrected chi connectivity index (χ0v) is 36.7. The molecule has 0 fully saturated rings. The summed E-state index contributed by atoms with van der Waals surface area (Å²) in [6, 6.07) is 48.1. The van der Waals surface area contributed by atoms with E-state index in [0.717, 1.165) is 39.0 Å². The first-order valence-corrected chi connectivity index (χ1v) is 22.0. The van der Waals surface area contributed by atoms with Gasteiger partial charge in [-0.25, -0.2) is 0 Å². The molecule has 2 aromatic heterocycles. The summed E-state index contributed by atoms with van der Waals surface area (Å²) in [5.74, 6) is 0. The number of fused-ring (bicyclic) bond motifs is 13. The summed E-state index contributed by atoms with van der Waals surface area (Å²) in [5.41, 5.74) is 18.8. The molecular weight excluding hydrogens is 735 g/mol. The number of para-hydroxylation sites is 1. The lowest BCUT2D eigenvalue weighted by Crippen LogP contribution is -2.17. The summed E-state index contributed by atoms with van der Waals surface area (Å²) in [7, 11) is 0. The number of thiophene rings is 1. The number of rotatable bonds is 3. The molecule has 2 heterocycles. The standard InChI is InChI=1S/C56H51NOS/c1-53(2,3)32-27-42-50-49(59-52(42)46(28-32)54(4,5)6)26-23-39-40-29-33(20-24-44(40)56(9,10)51(39)50)57(34-21-25-48-41(30-34)38-16-12-14-18-47(38)58-48)35-19-22-37-36-15-11-13-17-43(36)55(7,8)45(37)31-35/h11-31H,1-10H3. The lowest BCUT2D eigenvalue weighted by Gasteiger charge is -2.29. The van der Waals surface area contributed by atoms with E-state index in [2.05, 4.69) is 195 Å². The third-order valence-electron chi connectivity index (χ3n) is 13.7. The van der Waals surface area contributed by atoms with Gasteiger partial charge in [-0.15, -0.1) is 11.3 Å². The number of benzene rings is 7. The SMILES string of the molecule is CC(C)(C)c1cc(C(C)(C)C)c2sc3ccc4c(c3c2c1)C(C)(C)c1ccc(N(c2ccc3c(c2)C(C)(C)c2ccccc2-3)c2ccc3oc5ccccc5c3c2)cc1-4. The minimum absolute atomic E-state index is 0.0295. The van der Waals surface area contributed by atoms with Gasteiger partial charge in [0.2, 0.25) is 0 Å². The molecule has 2 aliphatic rings. The predicted octanol–water partition coefficient (Wildman–Crippen LogP) is 16.6. The molecule has 59 heavy (non-hydrogen) atoms. The van der Waals surface area contributed by atoms with Crippen molar-refractivity contribution in [3.05, 3.63) is 161 Å². The highest BCUT2D eigenvalue weighted by Crippen LogP contribution is 2.57. The monoisotopic (exact) mass is 785 g/mol. The van der Waals surface area contributed by atoms with Gasteiger partial charge in [-0.1, -0.05) is 136 Å². The van der Waals surface area contributed by atoms with Crippen molar-refractivity contribution in [2.45, 2.75) is 90.9 Å². The lowest BCUT2D eigenvalue weighted by atomic mass is 9.78. The maximum atomic E-state index is 6.34. The quantitative estimate of drug-likeness (QED) is 0.177. The van der Waals surface area contributed by atoms with Crippen LogP contribution in [0.15, 0.2) is 132 Å². The Bertz CT molecular complexity index is 3240. The third-order valence-corrected chi connectivity index (χ3v) is 14.9. The van der Waals surface area contributed by atoms with Crippen LogP contribution >= 0.6 is 11.3 Å². The van der Waals surface area contributed by atoms with Gasteiger partial charge in [0.1, 0.15) is 11.2 Å². The Morgan fingerprint density at radius 2 is 1.14 bits per heavy atom. The molecule has 7 aromatic carbocycles. The fourth-order valence-corrected chi connectivity index (χ4v) is 12.0. The van der Waals surface area contributed by atoms with Crippen LogP contribution in [0.3, 0.4) is 0 Å². The maximum Gasteiger partial charge on any atom is 0.135 e. The van der Waals surface area contributed by atoms with E-state index in [1.807, 2.05) is 17.4 Å². The van der Waals surface area contributed by atoms with Gasteiger partial charge < -0.3 is 9.32 Å². The van der Waals surface area contributed by atoms with Gasteiger partial charge in [0.15, 0.2) is 0 Å². The molecule has 0 radical (unpaired) electrons. The Kier molecular flexibility index (Phi) is 7.40. The van der Waals surface area contributed by atoms with Crippen molar-refractivity contribution in [2.24, 2.45) is 0 Å². The van der Waals surface area contributed by atoms with Gasteiger partial charge in [-0.05, 0) is 127 Å². The van der Waals surface area contributed by atoms with E-state index in [0.29, 0.717) is 0 Å². The molecule has 0 saturated carbocycles. The van der Waals surface area contributed by atoms with Crippen molar-refractivity contribution in [3.63, 3.8) is 0 Å². The molecule has 2 aliphatic carbocycles. The summed E-state index contributed by atoms with van der Waals surface area (Å²) in [5, 5.41) is 5.09. The first-order chi connectivity index (χ1) is 28.0. The molecular formula is C56H51NOS. The van der Waals surface area contributed by atoms with Crippen LogP contribution in [0.4, 0.5) is 17.1 Å². The molecule has 0 amide bonds. The van der Waals surface area contributed by atoms with E-state index < -0.39 is 0 Å². The molecule has 0 atom stereocenters. The highest BCUT2D eigenvalue weighted by molar-refractivity contribution is 7.26. The zero-order chi connectivity index (χ0) is 41.0. The van der Waals surface area contributed by atoms with Crippen molar-refractivity contribution in [2.75, 3.05) is 4.90 Å². The van der Waals surface area contributed by atoms with Crippen LogP contribution in [0, 0.1) is 0 Å². The van der Waals surface area contributed by atoms with Gasteiger partial charge in [-0.3, -0.25) is 0 Å². The maximum absolute atomic E-state index is 6.34. The first kappa shape index (κ1) is 36.4. The van der Waals surface area contributed by atoms with Gasteiger partial charge in [0, 0.05) is 58.8 Å². The minimum Gasteiger partial charge on any atom is -0.456 e. The molecule has 11 rings (SSSR count). The molecule has 9 aromatic rings. The van der Waals surface area contributed by atoms with Crippen molar-refractivity contribution in [1.82, 2.24) is 0 Å². The van der Waals surface area contributed by atoms with Crippen LogP contribution in [0.25, 0.3) is 64.4 Å². The third kappa shape index (κ3) is 5.16. The molecule has 3 heteroatoms. The molecule has 0 aliphatic heterocycles. The highest BCUT2D eigenvalue weighted by Gasteiger charge is 2.40. The number of furan rings is 1. The smallest absolute Gasteiger partial charge is 0.135 e. The summed E-state index contributed by atoms with van der Waals surface area (Å²) < 4.78 is 9.14. The molecule has 0 unspecified atom stereocenters. The minimum atomic E-state index is -0.181. The molecule has 0 spiro atoms. The second-order valence-corrected chi connectivity index (χ2v) is 21.3.